The van der Waals surface area contributed by atoms with Gasteiger partial charge in [0, 0.05) is 13.1 Å². The van der Waals surface area contributed by atoms with Gasteiger partial charge in [-0.15, -0.1) is 0 Å². The molecule has 2 aromatic carbocycles. The minimum Gasteiger partial charge on any atom is -0.350 e. The van der Waals surface area contributed by atoms with Gasteiger partial charge in [0.25, 0.3) is 5.91 Å². The first-order chi connectivity index (χ1) is 13.2. The molecule has 1 heterocycles. The van der Waals surface area contributed by atoms with Crippen molar-refractivity contribution in [2.24, 2.45) is 7.05 Å². The number of alkyl halides is 3. The van der Waals surface area contributed by atoms with E-state index in [1.807, 2.05) is 0 Å². The van der Waals surface area contributed by atoms with Crippen molar-refractivity contribution in [2.45, 2.75) is 6.18 Å². The van der Waals surface area contributed by atoms with Crippen molar-refractivity contribution >= 4 is 23.1 Å². The summed E-state index contributed by atoms with van der Waals surface area (Å²) in [6, 6.07) is 9.76. The molecule has 0 radical (unpaired) electrons. The van der Waals surface area contributed by atoms with Gasteiger partial charge in [0.05, 0.1) is 11.3 Å². The predicted molar refractivity (Wildman–Crippen MR) is 92.2 cm³/mol. The molecule has 0 bridgehead atoms. The molecule has 10 heteroatoms. The van der Waals surface area contributed by atoms with E-state index in [9.17, 15) is 26.7 Å². The Hall–Kier alpha value is -3.43. The second-order valence-corrected chi connectivity index (χ2v) is 5.76. The zero-order valence-corrected chi connectivity index (χ0v) is 14.3. The summed E-state index contributed by atoms with van der Waals surface area (Å²) in [5.74, 6) is -2.70. The number of hydrogen-bond acceptors (Lipinski definition) is 3. The lowest BCUT2D eigenvalue weighted by Crippen LogP contribution is -2.16. The maximum Gasteiger partial charge on any atom is 0.435 e. The van der Waals surface area contributed by atoms with Crippen LogP contribution in [0, 0.1) is 11.6 Å². The highest BCUT2D eigenvalue weighted by molar-refractivity contribution is 6.08. The van der Waals surface area contributed by atoms with Crippen LogP contribution in [0.5, 0.6) is 0 Å². The van der Waals surface area contributed by atoms with Crippen molar-refractivity contribution in [1.29, 1.82) is 0 Å². The van der Waals surface area contributed by atoms with Crippen molar-refractivity contribution in [1.82, 2.24) is 9.78 Å². The van der Waals surface area contributed by atoms with Crippen molar-refractivity contribution in [2.75, 3.05) is 10.6 Å². The van der Waals surface area contributed by atoms with E-state index in [0.29, 0.717) is 6.07 Å². The number of benzene rings is 2. The van der Waals surface area contributed by atoms with Gasteiger partial charge in [-0.05, 0) is 24.3 Å². The number of hydrogen-bond donors (Lipinski definition) is 2. The van der Waals surface area contributed by atoms with Gasteiger partial charge in [-0.25, -0.2) is 8.78 Å². The summed E-state index contributed by atoms with van der Waals surface area (Å²) in [4.78, 5) is 12.5. The van der Waals surface area contributed by atoms with Gasteiger partial charge in [0.15, 0.2) is 5.69 Å². The van der Waals surface area contributed by atoms with Gasteiger partial charge in [0.2, 0.25) is 0 Å². The molecule has 0 aliphatic rings. The maximum absolute atomic E-state index is 13.9. The van der Waals surface area contributed by atoms with Gasteiger partial charge in [0.1, 0.15) is 23.1 Å². The van der Waals surface area contributed by atoms with E-state index < -0.39 is 35.1 Å². The van der Waals surface area contributed by atoms with E-state index >= 15 is 0 Å². The third kappa shape index (κ3) is 3.95. The van der Waals surface area contributed by atoms with E-state index in [4.69, 9.17) is 0 Å². The van der Waals surface area contributed by atoms with Crippen LogP contribution in [0.2, 0.25) is 0 Å². The molecule has 3 aromatic rings. The molecule has 0 fully saturated rings. The molecule has 0 saturated heterocycles. The van der Waals surface area contributed by atoms with E-state index in [-0.39, 0.29) is 17.1 Å². The second-order valence-electron chi connectivity index (χ2n) is 5.76. The number of nitrogens with zero attached hydrogens (tertiary/aromatic N) is 2. The Kier molecular flexibility index (Phi) is 5.04. The monoisotopic (exact) mass is 396 g/mol. The lowest BCUT2D eigenvalue weighted by molar-refractivity contribution is -0.141. The van der Waals surface area contributed by atoms with Gasteiger partial charge >= 0.3 is 6.18 Å². The highest BCUT2D eigenvalue weighted by Gasteiger charge is 2.34. The Labute approximate surface area is 155 Å². The van der Waals surface area contributed by atoms with Crippen LogP contribution in [-0.4, -0.2) is 15.7 Å². The third-order valence-corrected chi connectivity index (χ3v) is 3.81. The molecule has 28 heavy (non-hydrogen) atoms. The number of anilines is 3. The fraction of sp³-hybridized carbons (Fsp3) is 0.111. The molecule has 0 saturated carbocycles. The fourth-order valence-corrected chi connectivity index (χ4v) is 2.45. The maximum atomic E-state index is 13.9. The number of para-hydroxylation sites is 2. The number of carbonyl (C=O) groups is 1. The fourth-order valence-electron chi connectivity index (χ4n) is 2.45. The largest absolute Gasteiger partial charge is 0.435 e. The quantitative estimate of drug-likeness (QED) is 0.628. The summed E-state index contributed by atoms with van der Waals surface area (Å²) >= 11 is 0. The summed E-state index contributed by atoms with van der Waals surface area (Å²) < 4.78 is 66.9. The summed E-state index contributed by atoms with van der Waals surface area (Å²) in [5.41, 5.74) is -1.57. The van der Waals surface area contributed by atoms with Gasteiger partial charge in [-0.1, -0.05) is 18.2 Å². The molecule has 3 rings (SSSR count). The van der Waals surface area contributed by atoms with Crippen LogP contribution in [0.3, 0.4) is 0 Å². The van der Waals surface area contributed by atoms with E-state index in [2.05, 4.69) is 15.7 Å². The summed E-state index contributed by atoms with van der Waals surface area (Å²) in [6.45, 7) is 0. The van der Waals surface area contributed by atoms with Crippen LogP contribution in [0.1, 0.15) is 16.1 Å². The average Bonchev–Trinajstić information content (AvgIpc) is 2.99. The second kappa shape index (κ2) is 7.29. The lowest BCUT2D eigenvalue weighted by Gasteiger charge is -2.13. The lowest BCUT2D eigenvalue weighted by atomic mass is 10.1. The number of carbonyl (C=O) groups excluding carboxylic acids is 1. The summed E-state index contributed by atoms with van der Waals surface area (Å²) in [5, 5.41) is 8.12. The Morgan fingerprint density at radius 2 is 1.68 bits per heavy atom. The Balaban J connectivity index is 1.89. The first-order valence-electron chi connectivity index (χ1n) is 7.89. The van der Waals surface area contributed by atoms with Gasteiger partial charge < -0.3 is 10.6 Å². The van der Waals surface area contributed by atoms with Crippen LogP contribution in [-0.2, 0) is 13.2 Å². The number of aryl methyl sites for hydroxylation is 1. The van der Waals surface area contributed by atoms with E-state index in [1.165, 1.54) is 37.4 Å². The average molecular weight is 396 g/mol. The van der Waals surface area contributed by atoms with Crippen molar-refractivity contribution in [3.8, 4) is 0 Å². The zero-order valence-electron chi connectivity index (χ0n) is 14.3. The summed E-state index contributed by atoms with van der Waals surface area (Å²) in [7, 11) is 1.24. The summed E-state index contributed by atoms with van der Waals surface area (Å²) in [6.07, 6.45) is -4.66. The molecule has 0 aliphatic heterocycles. The normalized spacial score (nSPS) is 11.4. The molecule has 0 spiro atoms. The number of amides is 1. The zero-order chi connectivity index (χ0) is 20.5. The van der Waals surface area contributed by atoms with Crippen LogP contribution >= 0.6 is 0 Å². The Morgan fingerprint density at radius 3 is 2.29 bits per heavy atom. The molecule has 5 nitrogen and oxygen atoms in total. The van der Waals surface area contributed by atoms with Crippen LogP contribution in [0.25, 0.3) is 0 Å². The van der Waals surface area contributed by atoms with Crippen molar-refractivity contribution in [3.63, 3.8) is 0 Å². The highest BCUT2D eigenvalue weighted by atomic mass is 19.4. The molecule has 0 aliphatic carbocycles. The van der Waals surface area contributed by atoms with Crippen molar-refractivity contribution < 1.29 is 26.7 Å². The van der Waals surface area contributed by atoms with Crippen molar-refractivity contribution in [3.05, 3.63) is 71.4 Å². The topological polar surface area (TPSA) is 59.0 Å². The Bertz CT molecular complexity index is 1010. The first kappa shape index (κ1) is 19.3. The number of aromatic nitrogens is 2. The number of nitrogens with one attached hydrogen (secondary N) is 2. The molecule has 0 unspecified atom stereocenters. The van der Waals surface area contributed by atoms with Crippen LogP contribution < -0.4 is 10.6 Å². The minimum atomic E-state index is -4.66. The van der Waals surface area contributed by atoms with E-state index in [0.717, 1.165) is 16.8 Å². The molecular formula is C18H13F5N4O. The molecule has 2 N–H and O–H groups in total. The highest BCUT2D eigenvalue weighted by Crippen LogP contribution is 2.30. The third-order valence-electron chi connectivity index (χ3n) is 3.81. The van der Waals surface area contributed by atoms with E-state index in [1.54, 1.807) is 0 Å². The van der Waals surface area contributed by atoms with Gasteiger partial charge in [-0.2, -0.15) is 18.3 Å². The number of halogens is 5. The standard InChI is InChI=1S/C18H13F5N4O/c1-27-15(9-14(26-27)18(21,22)23)25-17(28)10-5-2-3-8-13(10)24-16-11(19)6-4-7-12(16)20/h2-9,24H,1H3,(H,25,28). The van der Waals surface area contributed by atoms with Crippen LogP contribution in [0.4, 0.5) is 39.1 Å². The SMILES string of the molecule is Cn1nc(C(F)(F)F)cc1NC(=O)c1ccccc1Nc1c(F)cccc1F. The van der Waals surface area contributed by atoms with Crippen LogP contribution in [0.15, 0.2) is 48.5 Å². The molecule has 1 amide bonds. The molecule has 1 aromatic heterocycles. The minimum absolute atomic E-state index is 0.0279. The molecule has 146 valence electrons. The first-order valence-corrected chi connectivity index (χ1v) is 7.89. The predicted octanol–water partition coefficient (Wildman–Crippen LogP) is 4.71. The smallest absolute Gasteiger partial charge is 0.350 e. The Morgan fingerprint density at radius 1 is 1.04 bits per heavy atom. The van der Waals surface area contributed by atoms with Gasteiger partial charge in [-0.3, -0.25) is 9.48 Å². The molecule has 0 atom stereocenters. The molecular weight excluding hydrogens is 383 g/mol. The number of rotatable bonds is 4.